The molecule has 1 N–H and O–H groups in total. The number of hydrogen-bond donors (Lipinski definition) is 1. The molecule has 0 aliphatic heterocycles. The Bertz CT molecular complexity index is 495. The minimum absolute atomic E-state index is 0.0272. The van der Waals surface area contributed by atoms with Gasteiger partial charge in [-0.1, -0.05) is 25.0 Å². The molecule has 1 saturated carbocycles. The monoisotopic (exact) mass is 276 g/mol. The van der Waals surface area contributed by atoms with Gasteiger partial charge in [-0.25, -0.2) is 0 Å². The number of Topliss-reactive ketones (excluding diaryl/α,β-unsaturated/α-hetero) is 1. The molecule has 2 atom stereocenters. The quantitative estimate of drug-likeness (QED) is 0.839. The zero-order valence-corrected chi connectivity index (χ0v) is 11.7. The molecule has 0 amide bonds. The lowest BCUT2D eigenvalue weighted by Gasteiger charge is -2.28. The Balaban J connectivity index is 2.11. The van der Waals surface area contributed by atoms with Crippen molar-refractivity contribution in [2.75, 3.05) is 7.11 Å². The first-order chi connectivity index (χ1) is 9.63. The molecule has 108 valence electrons. The van der Waals surface area contributed by atoms with Gasteiger partial charge < -0.3 is 9.84 Å². The molecule has 4 nitrogen and oxygen atoms in total. The van der Waals surface area contributed by atoms with Crippen molar-refractivity contribution >= 4 is 11.8 Å². The highest BCUT2D eigenvalue weighted by molar-refractivity contribution is 5.99. The SMILES string of the molecule is COc1ccccc1C(=O)C[C@@H]1CCCC[C@H]1C(=O)O. The number of benzene rings is 1. The van der Waals surface area contributed by atoms with Crippen LogP contribution in [0.5, 0.6) is 5.75 Å². The summed E-state index contributed by atoms with van der Waals surface area (Å²) in [5, 5.41) is 9.26. The van der Waals surface area contributed by atoms with E-state index < -0.39 is 5.97 Å². The molecule has 1 aromatic carbocycles. The minimum Gasteiger partial charge on any atom is -0.496 e. The van der Waals surface area contributed by atoms with E-state index >= 15 is 0 Å². The van der Waals surface area contributed by atoms with E-state index in [4.69, 9.17) is 4.74 Å². The van der Waals surface area contributed by atoms with Gasteiger partial charge in [0.1, 0.15) is 5.75 Å². The van der Waals surface area contributed by atoms with Gasteiger partial charge in [-0.05, 0) is 30.9 Å². The molecule has 0 radical (unpaired) electrons. The fourth-order valence-electron chi connectivity index (χ4n) is 3.00. The third-order valence-corrected chi connectivity index (χ3v) is 4.08. The van der Waals surface area contributed by atoms with Crippen LogP contribution in [0.3, 0.4) is 0 Å². The van der Waals surface area contributed by atoms with Crippen LogP contribution in [-0.4, -0.2) is 24.0 Å². The first-order valence-electron chi connectivity index (χ1n) is 7.02. The Morgan fingerprint density at radius 2 is 1.95 bits per heavy atom. The second kappa shape index (κ2) is 6.55. The molecule has 4 heteroatoms. The van der Waals surface area contributed by atoms with Crippen molar-refractivity contribution in [3.05, 3.63) is 29.8 Å². The second-order valence-corrected chi connectivity index (χ2v) is 5.32. The second-order valence-electron chi connectivity index (χ2n) is 5.32. The maximum Gasteiger partial charge on any atom is 0.306 e. The standard InChI is InChI=1S/C16H20O4/c1-20-15-9-5-4-8-13(15)14(17)10-11-6-2-3-7-12(11)16(18)19/h4-5,8-9,11-12H,2-3,6-7,10H2,1H3,(H,18,19)/t11-,12+/m0/s1. The average molecular weight is 276 g/mol. The number of hydrogen-bond acceptors (Lipinski definition) is 3. The van der Waals surface area contributed by atoms with Crippen LogP contribution < -0.4 is 4.74 Å². The molecule has 0 saturated heterocycles. The van der Waals surface area contributed by atoms with Crippen molar-refractivity contribution in [2.24, 2.45) is 11.8 Å². The Kier molecular flexibility index (Phi) is 4.77. The van der Waals surface area contributed by atoms with Crippen molar-refractivity contribution in [2.45, 2.75) is 32.1 Å². The molecule has 1 aromatic rings. The van der Waals surface area contributed by atoms with Crippen LogP contribution in [0.2, 0.25) is 0 Å². The lowest BCUT2D eigenvalue weighted by Crippen LogP contribution is -2.28. The summed E-state index contributed by atoms with van der Waals surface area (Å²) in [7, 11) is 1.53. The number of carboxylic acids is 1. The van der Waals surface area contributed by atoms with Crippen molar-refractivity contribution in [1.29, 1.82) is 0 Å². The van der Waals surface area contributed by atoms with E-state index in [1.807, 2.05) is 6.07 Å². The van der Waals surface area contributed by atoms with Gasteiger partial charge in [0.2, 0.25) is 0 Å². The lowest BCUT2D eigenvalue weighted by atomic mass is 9.76. The van der Waals surface area contributed by atoms with Crippen molar-refractivity contribution in [1.82, 2.24) is 0 Å². The summed E-state index contributed by atoms with van der Waals surface area (Å²) in [6.07, 6.45) is 3.73. The predicted octanol–water partition coefficient (Wildman–Crippen LogP) is 3.16. The van der Waals surface area contributed by atoms with E-state index in [0.717, 1.165) is 19.3 Å². The van der Waals surface area contributed by atoms with E-state index in [1.54, 1.807) is 18.2 Å². The molecule has 1 aliphatic carbocycles. The van der Waals surface area contributed by atoms with Crippen LogP contribution >= 0.6 is 0 Å². The van der Waals surface area contributed by atoms with Gasteiger partial charge in [0.15, 0.2) is 5.78 Å². The third-order valence-electron chi connectivity index (χ3n) is 4.08. The van der Waals surface area contributed by atoms with Crippen LogP contribution in [0, 0.1) is 11.8 Å². The van der Waals surface area contributed by atoms with Crippen molar-refractivity contribution in [3.63, 3.8) is 0 Å². The zero-order valence-electron chi connectivity index (χ0n) is 11.7. The first-order valence-corrected chi connectivity index (χ1v) is 7.02. The van der Waals surface area contributed by atoms with Gasteiger partial charge in [0, 0.05) is 6.42 Å². The largest absolute Gasteiger partial charge is 0.496 e. The Morgan fingerprint density at radius 3 is 2.65 bits per heavy atom. The van der Waals surface area contributed by atoms with Crippen LogP contribution in [0.4, 0.5) is 0 Å². The first kappa shape index (κ1) is 14.6. The minimum atomic E-state index is -0.775. The molecular formula is C16H20O4. The number of ketones is 1. The highest BCUT2D eigenvalue weighted by Gasteiger charge is 2.32. The number of rotatable bonds is 5. The summed E-state index contributed by atoms with van der Waals surface area (Å²) in [6, 6.07) is 7.10. The van der Waals surface area contributed by atoms with E-state index in [2.05, 4.69) is 0 Å². The summed E-state index contributed by atoms with van der Waals surface area (Å²) in [5.74, 6) is -0.690. The molecular weight excluding hydrogens is 256 g/mol. The fraction of sp³-hybridized carbons (Fsp3) is 0.500. The van der Waals surface area contributed by atoms with E-state index in [9.17, 15) is 14.7 Å². The Hall–Kier alpha value is -1.84. The number of carbonyl (C=O) groups is 2. The Morgan fingerprint density at radius 1 is 1.25 bits per heavy atom. The summed E-state index contributed by atoms with van der Waals surface area (Å²) in [5.41, 5.74) is 0.546. The molecule has 0 spiro atoms. The summed E-state index contributed by atoms with van der Waals surface area (Å²) >= 11 is 0. The topological polar surface area (TPSA) is 63.6 Å². The highest BCUT2D eigenvalue weighted by atomic mass is 16.5. The molecule has 20 heavy (non-hydrogen) atoms. The summed E-state index contributed by atoms with van der Waals surface area (Å²) < 4.78 is 5.19. The molecule has 0 aromatic heterocycles. The number of carboxylic acid groups (broad SMARTS) is 1. The van der Waals surface area contributed by atoms with Gasteiger partial charge in [0.05, 0.1) is 18.6 Å². The van der Waals surface area contributed by atoms with Gasteiger partial charge >= 0.3 is 5.97 Å². The van der Waals surface area contributed by atoms with Crippen molar-refractivity contribution < 1.29 is 19.4 Å². The van der Waals surface area contributed by atoms with E-state index in [-0.39, 0.29) is 24.0 Å². The molecule has 1 fully saturated rings. The van der Waals surface area contributed by atoms with E-state index in [1.165, 1.54) is 7.11 Å². The summed E-state index contributed by atoms with van der Waals surface area (Å²) in [4.78, 5) is 23.7. The highest BCUT2D eigenvalue weighted by Crippen LogP contribution is 2.34. The number of para-hydroxylation sites is 1. The molecule has 0 unspecified atom stereocenters. The number of aliphatic carboxylic acids is 1. The number of ether oxygens (including phenoxy) is 1. The smallest absolute Gasteiger partial charge is 0.306 e. The van der Waals surface area contributed by atoms with Gasteiger partial charge in [-0.2, -0.15) is 0 Å². The number of methoxy groups -OCH3 is 1. The molecule has 0 bridgehead atoms. The summed E-state index contributed by atoms with van der Waals surface area (Å²) in [6.45, 7) is 0. The normalized spacial score (nSPS) is 22.2. The predicted molar refractivity (Wildman–Crippen MR) is 75.0 cm³/mol. The Labute approximate surface area is 118 Å². The van der Waals surface area contributed by atoms with Gasteiger partial charge in [-0.15, -0.1) is 0 Å². The maximum atomic E-state index is 12.4. The van der Waals surface area contributed by atoms with Gasteiger partial charge in [0.25, 0.3) is 0 Å². The van der Waals surface area contributed by atoms with Crippen molar-refractivity contribution in [3.8, 4) is 5.75 Å². The fourth-order valence-corrected chi connectivity index (χ4v) is 3.00. The molecule has 2 rings (SSSR count). The molecule has 0 heterocycles. The molecule has 1 aliphatic rings. The third kappa shape index (κ3) is 3.18. The van der Waals surface area contributed by atoms with Gasteiger partial charge in [-0.3, -0.25) is 9.59 Å². The van der Waals surface area contributed by atoms with Crippen LogP contribution in [-0.2, 0) is 4.79 Å². The lowest BCUT2D eigenvalue weighted by molar-refractivity contribution is -0.144. The van der Waals surface area contributed by atoms with Crippen LogP contribution in [0.25, 0.3) is 0 Å². The number of carbonyl (C=O) groups excluding carboxylic acids is 1. The van der Waals surface area contributed by atoms with Crippen LogP contribution in [0.15, 0.2) is 24.3 Å². The maximum absolute atomic E-state index is 12.4. The zero-order chi connectivity index (χ0) is 14.5. The average Bonchev–Trinajstić information content (AvgIpc) is 2.47. The van der Waals surface area contributed by atoms with E-state index in [0.29, 0.717) is 17.7 Å². The van der Waals surface area contributed by atoms with Crippen LogP contribution in [0.1, 0.15) is 42.5 Å².